The summed E-state index contributed by atoms with van der Waals surface area (Å²) in [5.41, 5.74) is -0.406. The fourth-order valence-corrected chi connectivity index (χ4v) is 3.25. The molecule has 33 heavy (non-hydrogen) atoms. The number of ether oxygens (including phenoxy) is 3. The molecule has 1 atom stereocenters. The summed E-state index contributed by atoms with van der Waals surface area (Å²) >= 11 is 0. The van der Waals surface area contributed by atoms with Gasteiger partial charge in [-0.2, -0.15) is 0 Å². The van der Waals surface area contributed by atoms with E-state index in [1.807, 2.05) is 6.07 Å². The minimum atomic E-state index is -2.63. The third-order valence-electron chi connectivity index (χ3n) is 5.40. The van der Waals surface area contributed by atoms with Crippen LogP contribution in [0.5, 0.6) is 17.2 Å². The molecule has 0 aliphatic carbocycles. The summed E-state index contributed by atoms with van der Waals surface area (Å²) in [4.78, 5) is 0. The molecule has 1 unspecified atom stereocenters. The van der Waals surface area contributed by atoms with E-state index in [2.05, 4.69) is 6.92 Å². The lowest BCUT2D eigenvalue weighted by atomic mass is 9.83. The van der Waals surface area contributed by atoms with Crippen LogP contribution in [-0.4, -0.2) is 19.6 Å². The Hall–Kier alpha value is -2.99. The smallest absolute Gasteiger partial charge is 0.250 e. The number of hydrogen-bond donors (Lipinski definition) is 0. The highest BCUT2D eigenvalue weighted by Gasteiger charge is 2.37. The van der Waals surface area contributed by atoms with Gasteiger partial charge in [-0.3, -0.25) is 0 Å². The highest BCUT2D eigenvalue weighted by molar-refractivity contribution is 5.35. The molecule has 176 valence electrons. The third kappa shape index (κ3) is 6.75. The van der Waals surface area contributed by atoms with Crippen molar-refractivity contribution in [1.29, 1.82) is 0 Å². The lowest BCUT2D eigenvalue weighted by Crippen LogP contribution is -2.36. The fraction of sp³-hybridized carbons (Fsp3) is 0.333. The van der Waals surface area contributed by atoms with Crippen molar-refractivity contribution >= 4 is 0 Å². The Morgan fingerprint density at radius 2 is 1.64 bits per heavy atom. The maximum absolute atomic E-state index is 14.1. The highest BCUT2D eigenvalue weighted by atomic mass is 19.3. The molecule has 0 saturated heterocycles. The van der Waals surface area contributed by atoms with Gasteiger partial charge in [0.2, 0.25) is 6.43 Å². The number of hydrogen-bond acceptors (Lipinski definition) is 3. The second kappa shape index (κ2) is 11.8. The second-order valence-corrected chi connectivity index (χ2v) is 8.12. The Bertz CT molecular complexity index is 993. The zero-order chi connectivity index (χ0) is 23.7. The molecule has 3 rings (SSSR count). The van der Waals surface area contributed by atoms with Crippen LogP contribution in [0, 0.1) is 5.82 Å². The summed E-state index contributed by atoms with van der Waals surface area (Å²) in [6, 6.07) is 19.9. The first kappa shape index (κ1) is 24.6. The zero-order valence-electron chi connectivity index (χ0n) is 18.9. The fourth-order valence-electron chi connectivity index (χ4n) is 3.25. The second-order valence-electron chi connectivity index (χ2n) is 8.12. The average molecular weight is 459 g/mol. The van der Waals surface area contributed by atoms with E-state index in [-0.39, 0.29) is 19.0 Å². The van der Waals surface area contributed by atoms with E-state index < -0.39 is 17.7 Å². The maximum Gasteiger partial charge on any atom is 0.250 e. The number of alkyl halides is 2. The van der Waals surface area contributed by atoms with Gasteiger partial charge in [-0.15, -0.1) is 0 Å². The first-order valence-electron chi connectivity index (χ1n) is 11.0. The number of para-hydroxylation sites is 1. The number of halogens is 3. The summed E-state index contributed by atoms with van der Waals surface area (Å²) in [5.74, 6) is 0.697. The Balaban J connectivity index is 1.64. The van der Waals surface area contributed by atoms with E-state index >= 15 is 0 Å². The van der Waals surface area contributed by atoms with Crippen LogP contribution < -0.4 is 9.47 Å². The minimum absolute atomic E-state index is 0.0476. The average Bonchev–Trinajstić information content (AvgIpc) is 2.82. The van der Waals surface area contributed by atoms with Crippen molar-refractivity contribution in [3.05, 3.63) is 89.7 Å². The minimum Gasteiger partial charge on any atom is -0.494 e. The van der Waals surface area contributed by atoms with Gasteiger partial charge < -0.3 is 14.2 Å². The van der Waals surface area contributed by atoms with Crippen LogP contribution in [0.15, 0.2) is 72.8 Å². The molecule has 0 fully saturated rings. The summed E-state index contributed by atoms with van der Waals surface area (Å²) in [7, 11) is 0. The van der Waals surface area contributed by atoms with E-state index in [0.717, 1.165) is 12.8 Å². The lowest BCUT2D eigenvalue weighted by Gasteiger charge is -2.29. The number of unbranched alkanes of at least 4 members (excludes halogenated alkanes) is 1. The van der Waals surface area contributed by atoms with Crippen molar-refractivity contribution in [3.8, 4) is 17.2 Å². The van der Waals surface area contributed by atoms with Gasteiger partial charge >= 0.3 is 0 Å². The van der Waals surface area contributed by atoms with Crippen molar-refractivity contribution in [2.24, 2.45) is 0 Å². The molecule has 0 spiro atoms. The molecule has 0 amide bonds. The van der Waals surface area contributed by atoms with Crippen LogP contribution >= 0.6 is 0 Å². The molecule has 3 nitrogen and oxygen atoms in total. The SMILES string of the molecule is CCCCOc1ccc(C(C)(COCc2ccc(F)c(Oc3ccccc3)c2)C(F)F)cc1. The summed E-state index contributed by atoms with van der Waals surface area (Å²) in [5, 5.41) is 0. The van der Waals surface area contributed by atoms with Gasteiger partial charge in [-0.1, -0.05) is 49.7 Å². The largest absolute Gasteiger partial charge is 0.494 e. The van der Waals surface area contributed by atoms with Crippen molar-refractivity contribution < 1.29 is 27.4 Å². The van der Waals surface area contributed by atoms with Crippen LogP contribution in [0.3, 0.4) is 0 Å². The van der Waals surface area contributed by atoms with E-state index in [1.54, 1.807) is 54.6 Å². The van der Waals surface area contributed by atoms with E-state index in [9.17, 15) is 13.2 Å². The molecule has 3 aromatic carbocycles. The maximum atomic E-state index is 14.1. The predicted molar refractivity (Wildman–Crippen MR) is 123 cm³/mol. The Kier molecular flexibility index (Phi) is 8.78. The Labute approximate surface area is 193 Å². The molecular weight excluding hydrogens is 429 g/mol. The van der Waals surface area contributed by atoms with Crippen LogP contribution in [0.1, 0.15) is 37.8 Å². The zero-order valence-corrected chi connectivity index (χ0v) is 18.9. The monoisotopic (exact) mass is 458 g/mol. The molecular formula is C27H29F3O3. The lowest BCUT2D eigenvalue weighted by molar-refractivity contribution is -0.0128. The topological polar surface area (TPSA) is 27.7 Å². The van der Waals surface area contributed by atoms with E-state index in [0.29, 0.717) is 29.2 Å². The van der Waals surface area contributed by atoms with Gasteiger partial charge in [0.1, 0.15) is 11.5 Å². The summed E-state index contributed by atoms with van der Waals surface area (Å²) in [6.07, 6.45) is -0.673. The molecule has 6 heteroatoms. The number of benzene rings is 3. The van der Waals surface area contributed by atoms with Crippen molar-refractivity contribution in [2.45, 2.75) is 45.1 Å². The Morgan fingerprint density at radius 1 is 0.909 bits per heavy atom. The van der Waals surface area contributed by atoms with Crippen molar-refractivity contribution in [3.63, 3.8) is 0 Å². The summed E-state index contributed by atoms with van der Waals surface area (Å²) < 4.78 is 59.1. The first-order valence-corrected chi connectivity index (χ1v) is 11.0. The van der Waals surface area contributed by atoms with Gasteiger partial charge in [0.25, 0.3) is 0 Å². The Morgan fingerprint density at radius 3 is 2.30 bits per heavy atom. The third-order valence-corrected chi connectivity index (χ3v) is 5.40. The first-order chi connectivity index (χ1) is 15.9. The van der Waals surface area contributed by atoms with Crippen molar-refractivity contribution in [2.75, 3.05) is 13.2 Å². The molecule has 0 heterocycles. The molecule has 0 aliphatic heterocycles. The van der Waals surface area contributed by atoms with Gasteiger partial charge in [0.15, 0.2) is 11.6 Å². The normalized spacial score (nSPS) is 13.0. The summed E-state index contributed by atoms with van der Waals surface area (Å²) in [6.45, 7) is 3.99. The quantitative estimate of drug-likeness (QED) is 0.263. The standard InChI is InChI=1S/C27H29F3O3/c1-3-4-16-32-22-13-11-21(12-14-22)27(2,26(29)30)19-31-18-20-10-15-24(28)25(17-20)33-23-8-6-5-7-9-23/h5-15,17,26H,3-4,16,18-19H2,1-2H3. The van der Waals surface area contributed by atoms with E-state index in [1.165, 1.54) is 19.1 Å². The molecule has 0 N–H and O–H groups in total. The van der Waals surface area contributed by atoms with Crippen LogP contribution in [0.25, 0.3) is 0 Å². The molecule has 0 bridgehead atoms. The predicted octanol–water partition coefficient (Wildman–Crippen LogP) is 7.54. The molecule has 0 aliphatic rings. The van der Waals surface area contributed by atoms with Crippen molar-refractivity contribution in [1.82, 2.24) is 0 Å². The molecule has 0 radical (unpaired) electrons. The van der Waals surface area contributed by atoms with Crippen LogP contribution in [0.4, 0.5) is 13.2 Å². The van der Waals surface area contributed by atoms with Crippen LogP contribution in [0.2, 0.25) is 0 Å². The number of rotatable bonds is 12. The molecule has 0 aromatic heterocycles. The molecule has 0 saturated carbocycles. The molecule has 3 aromatic rings. The van der Waals surface area contributed by atoms with E-state index in [4.69, 9.17) is 14.2 Å². The van der Waals surface area contributed by atoms with Gasteiger partial charge in [-0.25, -0.2) is 13.2 Å². The van der Waals surface area contributed by atoms with Crippen LogP contribution in [-0.2, 0) is 16.8 Å². The highest BCUT2D eigenvalue weighted by Crippen LogP contribution is 2.33. The van der Waals surface area contributed by atoms with Gasteiger partial charge in [-0.05, 0) is 60.9 Å². The van der Waals surface area contributed by atoms with Gasteiger partial charge in [0, 0.05) is 0 Å². The van der Waals surface area contributed by atoms with Gasteiger partial charge in [0.05, 0.1) is 25.2 Å².